The molecule has 0 radical (unpaired) electrons. The molecule has 94 valence electrons. The van der Waals surface area contributed by atoms with Crippen LogP contribution in [0.3, 0.4) is 0 Å². The molecule has 0 unspecified atom stereocenters. The average molecular weight is 253 g/mol. The van der Waals surface area contributed by atoms with Crippen LogP contribution in [0, 0.1) is 0 Å². The van der Waals surface area contributed by atoms with Crippen molar-refractivity contribution >= 4 is 22.5 Å². The van der Waals surface area contributed by atoms with E-state index in [0.717, 1.165) is 0 Å². The fraction of sp³-hybridized carbons (Fsp3) is 0. The van der Waals surface area contributed by atoms with Gasteiger partial charge in [-0.15, -0.1) is 0 Å². The third-order valence-corrected chi connectivity index (χ3v) is 2.72. The lowest BCUT2D eigenvalue weighted by molar-refractivity contribution is 0.475. The minimum absolute atomic E-state index is 0.146. The van der Waals surface area contributed by atoms with Gasteiger partial charge in [0.15, 0.2) is 0 Å². The van der Waals surface area contributed by atoms with Gasteiger partial charge >= 0.3 is 0 Å². The molecule has 2 aromatic carbocycles. The number of hydrogen-bond acceptors (Lipinski definition) is 4. The molecule has 0 saturated carbocycles. The number of hydrogen-bond donors (Lipinski definition) is 3. The van der Waals surface area contributed by atoms with Crippen LogP contribution in [0.1, 0.15) is 0 Å². The van der Waals surface area contributed by atoms with E-state index in [2.05, 4.69) is 15.3 Å². The Morgan fingerprint density at radius 2 is 1.95 bits per heavy atom. The van der Waals surface area contributed by atoms with Crippen molar-refractivity contribution < 1.29 is 5.11 Å². The smallest absolute Gasteiger partial charge is 0.260 e. The van der Waals surface area contributed by atoms with E-state index in [1.165, 1.54) is 0 Å². The first kappa shape index (κ1) is 11.3. The molecule has 1 heterocycles. The molecule has 0 aliphatic heterocycles. The van der Waals surface area contributed by atoms with E-state index in [4.69, 9.17) is 0 Å². The summed E-state index contributed by atoms with van der Waals surface area (Å²) in [5, 5.41) is 12.9. The van der Waals surface area contributed by atoms with Gasteiger partial charge in [-0.3, -0.25) is 9.78 Å². The normalized spacial score (nSPS) is 10.5. The summed E-state index contributed by atoms with van der Waals surface area (Å²) in [4.78, 5) is 18.8. The molecule has 0 atom stereocenters. The minimum atomic E-state index is -0.201. The number of phenols is 1. The number of aromatic nitrogens is 2. The Balaban J connectivity index is 2.04. The third-order valence-electron chi connectivity index (χ3n) is 2.72. The summed E-state index contributed by atoms with van der Waals surface area (Å²) < 4.78 is 0. The molecule has 3 rings (SSSR count). The van der Waals surface area contributed by atoms with Crippen LogP contribution in [0.5, 0.6) is 5.75 Å². The molecule has 5 nitrogen and oxygen atoms in total. The highest BCUT2D eigenvalue weighted by molar-refractivity contribution is 5.78. The second-order valence-corrected chi connectivity index (χ2v) is 4.11. The second-order valence-electron chi connectivity index (χ2n) is 4.11. The number of H-pyrrole nitrogens is 1. The quantitative estimate of drug-likeness (QED) is 0.655. The Bertz CT molecular complexity index is 796. The predicted molar refractivity (Wildman–Crippen MR) is 73.8 cm³/mol. The van der Waals surface area contributed by atoms with Gasteiger partial charge in [0.05, 0.1) is 10.9 Å². The molecule has 3 aromatic rings. The zero-order valence-corrected chi connectivity index (χ0v) is 9.92. The number of nitrogens with one attached hydrogen (secondary N) is 2. The number of rotatable bonds is 2. The van der Waals surface area contributed by atoms with Crippen LogP contribution in [0.2, 0.25) is 0 Å². The summed E-state index contributed by atoms with van der Waals surface area (Å²) in [5.41, 5.74) is 1.07. The maximum Gasteiger partial charge on any atom is 0.260 e. The molecule has 0 bridgehead atoms. The van der Waals surface area contributed by atoms with Gasteiger partial charge in [0.25, 0.3) is 5.56 Å². The van der Waals surface area contributed by atoms with E-state index < -0.39 is 0 Å². The van der Waals surface area contributed by atoms with Gasteiger partial charge in [0, 0.05) is 11.8 Å². The average Bonchev–Trinajstić information content (AvgIpc) is 2.39. The first-order valence-electron chi connectivity index (χ1n) is 5.77. The Morgan fingerprint density at radius 1 is 1.11 bits per heavy atom. The van der Waals surface area contributed by atoms with Crippen molar-refractivity contribution in [1.29, 1.82) is 0 Å². The van der Waals surface area contributed by atoms with Crippen LogP contribution in [0.4, 0.5) is 11.6 Å². The topological polar surface area (TPSA) is 78.0 Å². The summed E-state index contributed by atoms with van der Waals surface area (Å²) in [5.74, 6) is 0.488. The number of aromatic amines is 1. The maximum absolute atomic E-state index is 11.9. The van der Waals surface area contributed by atoms with Crippen molar-refractivity contribution in [1.82, 2.24) is 9.97 Å². The van der Waals surface area contributed by atoms with Crippen LogP contribution in [-0.2, 0) is 0 Å². The van der Waals surface area contributed by atoms with E-state index in [1.54, 1.807) is 42.5 Å². The first-order valence-corrected chi connectivity index (χ1v) is 5.77. The molecule has 5 heteroatoms. The lowest BCUT2D eigenvalue weighted by Gasteiger charge is -2.06. The predicted octanol–water partition coefficient (Wildman–Crippen LogP) is 2.37. The molecule has 0 saturated heterocycles. The van der Waals surface area contributed by atoms with Gasteiger partial charge in [0.2, 0.25) is 5.95 Å². The molecule has 0 aliphatic rings. The summed E-state index contributed by atoms with van der Waals surface area (Å²) in [7, 11) is 0. The highest BCUT2D eigenvalue weighted by Crippen LogP contribution is 2.18. The highest BCUT2D eigenvalue weighted by Gasteiger charge is 2.03. The van der Waals surface area contributed by atoms with E-state index in [1.807, 2.05) is 6.07 Å². The third kappa shape index (κ3) is 2.26. The van der Waals surface area contributed by atoms with Crippen LogP contribution in [-0.4, -0.2) is 15.1 Å². The van der Waals surface area contributed by atoms with Crippen molar-refractivity contribution in [3.05, 3.63) is 58.9 Å². The maximum atomic E-state index is 11.9. The number of nitrogens with zero attached hydrogens (tertiary/aromatic N) is 1. The molecule has 0 spiro atoms. The number of benzene rings is 2. The Hall–Kier alpha value is -2.82. The van der Waals surface area contributed by atoms with Gasteiger partial charge < -0.3 is 10.4 Å². The fourth-order valence-electron chi connectivity index (χ4n) is 1.87. The van der Waals surface area contributed by atoms with E-state index in [9.17, 15) is 9.90 Å². The van der Waals surface area contributed by atoms with Crippen LogP contribution in [0.25, 0.3) is 10.9 Å². The van der Waals surface area contributed by atoms with Crippen LogP contribution in [0.15, 0.2) is 53.3 Å². The number of phenolic OH excluding ortho intramolecular Hbond substituents is 1. The molecule has 19 heavy (non-hydrogen) atoms. The van der Waals surface area contributed by atoms with Crippen molar-refractivity contribution in [3.63, 3.8) is 0 Å². The van der Waals surface area contributed by atoms with Gasteiger partial charge in [-0.1, -0.05) is 18.2 Å². The van der Waals surface area contributed by atoms with Crippen LogP contribution >= 0.6 is 0 Å². The summed E-state index contributed by atoms with van der Waals surface area (Å²) in [6.45, 7) is 0. The SMILES string of the molecule is O=c1[nH]c(Nc2cccc(O)c2)nc2ccccc12. The molecular formula is C14H11N3O2. The molecule has 3 N–H and O–H groups in total. The minimum Gasteiger partial charge on any atom is -0.508 e. The van der Waals surface area contributed by atoms with Gasteiger partial charge in [-0.2, -0.15) is 0 Å². The highest BCUT2D eigenvalue weighted by atomic mass is 16.3. The van der Waals surface area contributed by atoms with Gasteiger partial charge in [-0.25, -0.2) is 4.98 Å². The van der Waals surface area contributed by atoms with Crippen molar-refractivity contribution in [2.24, 2.45) is 0 Å². The fourth-order valence-corrected chi connectivity index (χ4v) is 1.87. The lowest BCUT2D eigenvalue weighted by Crippen LogP contribution is -2.11. The van der Waals surface area contributed by atoms with Crippen LogP contribution < -0.4 is 10.9 Å². The van der Waals surface area contributed by atoms with Crippen molar-refractivity contribution in [2.75, 3.05) is 5.32 Å². The lowest BCUT2D eigenvalue weighted by atomic mass is 10.2. The zero-order valence-electron chi connectivity index (χ0n) is 9.92. The summed E-state index contributed by atoms with van der Waals surface area (Å²) >= 11 is 0. The monoisotopic (exact) mass is 253 g/mol. The molecule has 0 fully saturated rings. The zero-order chi connectivity index (χ0) is 13.2. The largest absolute Gasteiger partial charge is 0.508 e. The number of anilines is 2. The summed E-state index contributed by atoms with van der Waals surface area (Å²) in [6.07, 6.45) is 0. The first-order chi connectivity index (χ1) is 9.22. The van der Waals surface area contributed by atoms with Crippen molar-refractivity contribution in [2.45, 2.75) is 0 Å². The molecule has 1 aromatic heterocycles. The van der Waals surface area contributed by atoms with Gasteiger partial charge in [0.1, 0.15) is 5.75 Å². The standard InChI is InChI=1S/C14H11N3O2/c18-10-5-3-4-9(8-10)15-14-16-12-7-2-1-6-11(12)13(19)17-14/h1-8,18H,(H2,15,16,17,19). The Labute approximate surface area is 108 Å². The van der Waals surface area contributed by atoms with E-state index >= 15 is 0 Å². The number of aromatic hydroxyl groups is 1. The Kier molecular flexibility index (Phi) is 2.64. The number of fused-ring (bicyclic) bond motifs is 1. The van der Waals surface area contributed by atoms with E-state index in [0.29, 0.717) is 22.5 Å². The molecule has 0 aliphatic carbocycles. The molecular weight excluding hydrogens is 242 g/mol. The molecule has 0 amide bonds. The summed E-state index contributed by atoms with van der Waals surface area (Å²) in [6, 6.07) is 13.7. The second kappa shape index (κ2) is 4.45. The Morgan fingerprint density at radius 3 is 2.79 bits per heavy atom. The van der Waals surface area contributed by atoms with E-state index in [-0.39, 0.29) is 11.3 Å². The van der Waals surface area contributed by atoms with Gasteiger partial charge in [-0.05, 0) is 24.3 Å². The number of para-hydroxylation sites is 1. The van der Waals surface area contributed by atoms with Crippen molar-refractivity contribution in [3.8, 4) is 5.75 Å².